The Balaban J connectivity index is 0.00000200. The zero-order valence-corrected chi connectivity index (χ0v) is 13.5. The van der Waals surface area contributed by atoms with Crippen LogP contribution in [0.25, 0.3) is 0 Å². The minimum Gasteiger partial charge on any atom is -0.326 e. The quantitative estimate of drug-likeness (QED) is 0.846. The normalized spacial score (nSPS) is 17.6. The summed E-state index contributed by atoms with van der Waals surface area (Å²) in [6.07, 6.45) is 4.91. The lowest BCUT2D eigenvalue weighted by Crippen LogP contribution is -2.14. The van der Waals surface area contributed by atoms with E-state index in [1.54, 1.807) is 11.8 Å². The predicted octanol–water partition coefficient (Wildman–Crippen LogP) is 3.30. The minimum atomic E-state index is 0. The van der Waals surface area contributed by atoms with E-state index in [0.717, 1.165) is 31.0 Å². The first-order valence-corrected chi connectivity index (χ1v) is 8.26. The van der Waals surface area contributed by atoms with Crippen molar-refractivity contribution in [3.63, 3.8) is 0 Å². The maximum absolute atomic E-state index is 11.8. The molecule has 1 unspecified atom stereocenters. The predicted molar refractivity (Wildman–Crippen MR) is 89.7 cm³/mol. The van der Waals surface area contributed by atoms with Crippen molar-refractivity contribution in [2.75, 3.05) is 24.7 Å². The summed E-state index contributed by atoms with van der Waals surface area (Å²) in [5, 5.41) is 6.30. The number of carbonyl (C=O) groups is 1. The summed E-state index contributed by atoms with van der Waals surface area (Å²) in [4.78, 5) is 11.8. The Morgan fingerprint density at radius 3 is 2.75 bits per heavy atom. The molecule has 0 bridgehead atoms. The number of hydrogen-bond acceptors (Lipinski definition) is 3. The molecule has 5 heteroatoms. The van der Waals surface area contributed by atoms with Gasteiger partial charge in [-0.05, 0) is 55.8 Å². The maximum Gasteiger partial charge on any atom is 0.224 e. The van der Waals surface area contributed by atoms with Crippen LogP contribution in [0.2, 0.25) is 0 Å². The molecule has 1 heterocycles. The van der Waals surface area contributed by atoms with Crippen LogP contribution >= 0.6 is 24.2 Å². The Hall–Kier alpha value is -0.710. The van der Waals surface area contributed by atoms with Gasteiger partial charge in [0, 0.05) is 17.9 Å². The van der Waals surface area contributed by atoms with Crippen molar-refractivity contribution in [3.8, 4) is 0 Å². The van der Waals surface area contributed by atoms with Crippen LogP contribution < -0.4 is 10.6 Å². The molecule has 112 valence electrons. The lowest BCUT2D eigenvalue weighted by atomic mass is 10.0. The van der Waals surface area contributed by atoms with Crippen LogP contribution in [0.4, 0.5) is 5.69 Å². The fourth-order valence-corrected chi connectivity index (χ4v) is 2.90. The number of amides is 1. The summed E-state index contributed by atoms with van der Waals surface area (Å²) < 4.78 is 0. The Morgan fingerprint density at radius 2 is 2.15 bits per heavy atom. The van der Waals surface area contributed by atoms with Crippen LogP contribution in [0.3, 0.4) is 0 Å². The lowest BCUT2D eigenvalue weighted by molar-refractivity contribution is -0.116. The van der Waals surface area contributed by atoms with Crippen LogP contribution in [-0.4, -0.2) is 25.3 Å². The van der Waals surface area contributed by atoms with Gasteiger partial charge in [-0.3, -0.25) is 4.79 Å². The first-order chi connectivity index (χ1) is 9.28. The fourth-order valence-electron chi connectivity index (χ4n) is 2.37. The number of anilines is 1. The van der Waals surface area contributed by atoms with Crippen LogP contribution in [0.5, 0.6) is 0 Å². The number of benzene rings is 1. The second kappa shape index (κ2) is 9.27. The SMILES string of the molecule is CSCc1ccc(NC(=O)CCC2CCNC2)cc1.Cl. The van der Waals surface area contributed by atoms with Gasteiger partial charge in [0.15, 0.2) is 0 Å². The summed E-state index contributed by atoms with van der Waals surface area (Å²) >= 11 is 1.80. The molecule has 1 aromatic carbocycles. The zero-order valence-electron chi connectivity index (χ0n) is 11.9. The van der Waals surface area contributed by atoms with Crippen LogP contribution in [0, 0.1) is 5.92 Å². The average molecular weight is 315 g/mol. The van der Waals surface area contributed by atoms with E-state index in [4.69, 9.17) is 0 Å². The molecule has 0 saturated carbocycles. The summed E-state index contributed by atoms with van der Waals surface area (Å²) in [5.41, 5.74) is 2.20. The van der Waals surface area contributed by atoms with Gasteiger partial charge in [0.05, 0.1) is 0 Å². The van der Waals surface area contributed by atoms with Gasteiger partial charge in [0.25, 0.3) is 0 Å². The summed E-state index contributed by atoms with van der Waals surface area (Å²) in [6, 6.07) is 8.13. The molecular weight excluding hydrogens is 292 g/mol. The molecule has 2 rings (SSSR count). The maximum atomic E-state index is 11.8. The Morgan fingerprint density at radius 1 is 1.40 bits per heavy atom. The van der Waals surface area contributed by atoms with E-state index in [9.17, 15) is 4.79 Å². The molecule has 1 fully saturated rings. The van der Waals surface area contributed by atoms with Crippen molar-refractivity contribution in [2.24, 2.45) is 5.92 Å². The van der Waals surface area contributed by atoms with Crippen molar-refractivity contribution < 1.29 is 4.79 Å². The molecule has 0 radical (unpaired) electrons. The number of hydrogen-bond donors (Lipinski definition) is 2. The third-order valence-corrected chi connectivity index (χ3v) is 4.11. The fraction of sp³-hybridized carbons (Fsp3) is 0.533. The molecule has 0 aromatic heterocycles. The molecule has 1 atom stereocenters. The first kappa shape index (κ1) is 17.3. The minimum absolute atomic E-state index is 0. The van der Waals surface area contributed by atoms with Crippen molar-refractivity contribution in [1.29, 1.82) is 0 Å². The van der Waals surface area contributed by atoms with Gasteiger partial charge in [-0.15, -0.1) is 12.4 Å². The topological polar surface area (TPSA) is 41.1 Å². The van der Waals surface area contributed by atoms with E-state index >= 15 is 0 Å². The van der Waals surface area contributed by atoms with Crippen molar-refractivity contribution in [3.05, 3.63) is 29.8 Å². The number of halogens is 1. The lowest BCUT2D eigenvalue weighted by Gasteiger charge is -2.09. The highest BCUT2D eigenvalue weighted by atomic mass is 35.5. The molecule has 1 aliphatic heterocycles. The van der Waals surface area contributed by atoms with Gasteiger partial charge in [0.2, 0.25) is 5.91 Å². The van der Waals surface area contributed by atoms with Crippen molar-refractivity contribution >= 4 is 35.8 Å². The van der Waals surface area contributed by atoms with Gasteiger partial charge < -0.3 is 10.6 Å². The third-order valence-electron chi connectivity index (χ3n) is 3.49. The van der Waals surface area contributed by atoms with Crippen LogP contribution in [-0.2, 0) is 10.5 Å². The molecule has 1 amide bonds. The van der Waals surface area contributed by atoms with E-state index in [2.05, 4.69) is 29.0 Å². The first-order valence-electron chi connectivity index (χ1n) is 6.86. The Bertz CT molecular complexity index is 405. The number of thioether (sulfide) groups is 1. The van der Waals surface area contributed by atoms with Gasteiger partial charge in [-0.25, -0.2) is 0 Å². The highest BCUT2D eigenvalue weighted by Gasteiger charge is 2.15. The molecule has 20 heavy (non-hydrogen) atoms. The monoisotopic (exact) mass is 314 g/mol. The van der Waals surface area contributed by atoms with Gasteiger partial charge in [-0.1, -0.05) is 12.1 Å². The third kappa shape index (κ3) is 5.73. The number of rotatable bonds is 6. The summed E-state index contributed by atoms with van der Waals surface area (Å²) in [5.74, 6) is 1.82. The van der Waals surface area contributed by atoms with Crippen molar-refractivity contribution in [2.45, 2.75) is 25.0 Å². The van der Waals surface area contributed by atoms with E-state index in [1.807, 2.05) is 12.1 Å². The van der Waals surface area contributed by atoms with Crippen molar-refractivity contribution in [1.82, 2.24) is 5.32 Å². The highest BCUT2D eigenvalue weighted by molar-refractivity contribution is 7.97. The molecule has 3 nitrogen and oxygen atoms in total. The summed E-state index contributed by atoms with van der Waals surface area (Å²) in [6.45, 7) is 2.17. The van der Waals surface area contributed by atoms with E-state index in [1.165, 1.54) is 12.0 Å². The van der Waals surface area contributed by atoms with E-state index in [0.29, 0.717) is 12.3 Å². The molecule has 1 saturated heterocycles. The zero-order chi connectivity index (χ0) is 13.5. The largest absolute Gasteiger partial charge is 0.326 e. The van der Waals surface area contributed by atoms with Gasteiger partial charge in [0.1, 0.15) is 0 Å². The Kier molecular flexibility index (Phi) is 8.04. The smallest absolute Gasteiger partial charge is 0.224 e. The highest BCUT2D eigenvalue weighted by Crippen LogP contribution is 2.16. The standard InChI is InChI=1S/C15H22N2OS.ClH/c1-19-11-13-2-5-14(6-3-13)17-15(18)7-4-12-8-9-16-10-12;/h2-3,5-6,12,16H,4,7-11H2,1H3,(H,17,18);1H. The van der Waals surface area contributed by atoms with Gasteiger partial charge >= 0.3 is 0 Å². The molecule has 0 aliphatic carbocycles. The second-order valence-corrected chi connectivity index (χ2v) is 5.94. The van der Waals surface area contributed by atoms with E-state index in [-0.39, 0.29) is 18.3 Å². The number of nitrogens with one attached hydrogen (secondary N) is 2. The second-order valence-electron chi connectivity index (χ2n) is 5.08. The molecule has 1 aliphatic rings. The molecule has 0 spiro atoms. The average Bonchev–Trinajstić information content (AvgIpc) is 2.92. The van der Waals surface area contributed by atoms with Crippen LogP contribution in [0.1, 0.15) is 24.8 Å². The molecule has 2 N–H and O–H groups in total. The molecular formula is C15H23ClN2OS. The van der Waals surface area contributed by atoms with E-state index < -0.39 is 0 Å². The number of carbonyl (C=O) groups excluding carboxylic acids is 1. The van der Waals surface area contributed by atoms with Gasteiger partial charge in [-0.2, -0.15) is 11.8 Å². The van der Waals surface area contributed by atoms with Crippen LogP contribution in [0.15, 0.2) is 24.3 Å². The molecule has 1 aromatic rings. The summed E-state index contributed by atoms with van der Waals surface area (Å²) in [7, 11) is 0. The Labute approximate surface area is 131 Å².